The van der Waals surface area contributed by atoms with Crippen molar-refractivity contribution in [3.63, 3.8) is 0 Å². The van der Waals surface area contributed by atoms with Crippen LogP contribution in [0.4, 0.5) is 17.6 Å². The molecule has 8 nitrogen and oxygen atoms in total. The Morgan fingerprint density at radius 1 is 1.08 bits per heavy atom. The van der Waals surface area contributed by atoms with Crippen molar-refractivity contribution in [2.24, 2.45) is 0 Å². The third-order valence-corrected chi connectivity index (χ3v) is 5.98. The molecule has 0 bridgehead atoms. The lowest BCUT2D eigenvalue weighted by molar-refractivity contribution is -0.207. The first-order chi connectivity index (χ1) is 17.4. The van der Waals surface area contributed by atoms with E-state index < -0.39 is 36.4 Å². The third-order valence-electron chi connectivity index (χ3n) is 5.44. The first kappa shape index (κ1) is 26.9. The van der Waals surface area contributed by atoms with Gasteiger partial charge in [-0.2, -0.15) is 13.2 Å². The van der Waals surface area contributed by atoms with Crippen LogP contribution in [0.3, 0.4) is 0 Å². The summed E-state index contributed by atoms with van der Waals surface area (Å²) >= 11 is 11.8. The number of rotatable bonds is 7. The van der Waals surface area contributed by atoms with Crippen LogP contribution in [0.1, 0.15) is 24.7 Å². The second-order valence-corrected chi connectivity index (χ2v) is 8.99. The molecule has 4 rings (SSSR count). The minimum absolute atomic E-state index is 0.0337. The van der Waals surface area contributed by atoms with E-state index in [9.17, 15) is 32.6 Å². The molecule has 2 atom stereocenters. The number of benzene rings is 2. The molecule has 0 aliphatic carbocycles. The smallest absolute Gasteiger partial charge is 0.385 e. The number of nitrogens with zero attached hydrogens (tertiary/aromatic N) is 5. The molecule has 0 aliphatic heterocycles. The van der Waals surface area contributed by atoms with E-state index in [0.717, 1.165) is 13.8 Å². The molecule has 0 saturated heterocycles. The summed E-state index contributed by atoms with van der Waals surface area (Å²) in [4.78, 5) is 17.3. The quantitative estimate of drug-likeness (QED) is 0.328. The van der Waals surface area contributed by atoms with Crippen LogP contribution >= 0.6 is 23.2 Å². The number of aliphatic hydroxyl groups excluding tert-OH is 2. The summed E-state index contributed by atoms with van der Waals surface area (Å²) in [6, 6.07) is 10.2. The van der Waals surface area contributed by atoms with Gasteiger partial charge in [-0.1, -0.05) is 41.4 Å². The average molecular weight is 560 g/mol. The number of aromatic nitrogens is 5. The number of alkyl halides is 3. The van der Waals surface area contributed by atoms with Crippen LogP contribution in [0.15, 0.2) is 53.5 Å². The molecule has 4 aromatic rings. The second-order valence-electron chi connectivity index (χ2n) is 8.15. The maximum Gasteiger partial charge on any atom is 0.416 e. The van der Waals surface area contributed by atoms with E-state index in [4.69, 9.17) is 23.2 Å². The van der Waals surface area contributed by atoms with Crippen molar-refractivity contribution >= 4 is 23.2 Å². The Kier molecular flexibility index (Phi) is 7.47. The molecule has 0 unspecified atom stereocenters. The summed E-state index contributed by atoms with van der Waals surface area (Å²) in [5.74, 6) is -0.889. The molecule has 0 radical (unpaired) electrons. The van der Waals surface area contributed by atoms with Crippen molar-refractivity contribution in [2.45, 2.75) is 38.4 Å². The highest BCUT2D eigenvalue weighted by Crippen LogP contribution is 2.26. The van der Waals surface area contributed by atoms with E-state index in [1.54, 1.807) is 0 Å². The zero-order valence-electron chi connectivity index (χ0n) is 19.0. The molecule has 14 heteroatoms. The standard InChI is InChI=1S/C23H19Cl2F4N5O3/c1-12(35)21-30-19(31-34(21)16-4-2-3-15(25)20(16)26)11-32-9-17(13-5-7-14(24)8-6-13)33(22(32)37)10-18(36)23(27,28)29/h2-9,12,18,35-36H,10-11H2,1H3/t12-,18-/m0/s1. The van der Waals surface area contributed by atoms with Crippen LogP contribution in [-0.2, 0) is 13.1 Å². The summed E-state index contributed by atoms with van der Waals surface area (Å²) in [7, 11) is 0. The van der Waals surface area contributed by atoms with Gasteiger partial charge in [0.25, 0.3) is 0 Å². The van der Waals surface area contributed by atoms with Crippen LogP contribution < -0.4 is 5.69 Å². The highest BCUT2D eigenvalue weighted by Gasteiger charge is 2.39. The molecule has 2 aromatic heterocycles. The van der Waals surface area contributed by atoms with Gasteiger partial charge in [0.1, 0.15) is 11.8 Å². The molecule has 0 amide bonds. The molecule has 0 aliphatic rings. The maximum absolute atomic E-state index is 14.6. The van der Waals surface area contributed by atoms with E-state index in [1.165, 1.54) is 55.6 Å². The van der Waals surface area contributed by atoms with Crippen molar-refractivity contribution in [3.8, 4) is 16.9 Å². The van der Waals surface area contributed by atoms with Crippen molar-refractivity contribution < 1.29 is 27.8 Å². The molecule has 0 fully saturated rings. The van der Waals surface area contributed by atoms with Crippen LogP contribution in [0.5, 0.6) is 0 Å². The summed E-state index contributed by atoms with van der Waals surface area (Å²) in [5.41, 5.74) is -0.515. The largest absolute Gasteiger partial charge is 0.416 e. The summed E-state index contributed by atoms with van der Waals surface area (Å²) in [6.07, 6.45) is -7.64. The predicted molar refractivity (Wildman–Crippen MR) is 127 cm³/mol. The lowest BCUT2D eigenvalue weighted by Gasteiger charge is -2.16. The molecule has 2 N–H and O–H groups in total. The molecule has 196 valence electrons. The van der Waals surface area contributed by atoms with Crippen LogP contribution in [0.2, 0.25) is 10.0 Å². The van der Waals surface area contributed by atoms with E-state index in [-0.39, 0.29) is 34.6 Å². The van der Waals surface area contributed by atoms with Gasteiger partial charge in [0, 0.05) is 11.2 Å². The molecular weight excluding hydrogens is 541 g/mol. The lowest BCUT2D eigenvalue weighted by atomic mass is 10.1. The van der Waals surface area contributed by atoms with Gasteiger partial charge < -0.3 is 10.2 Å². The number of hydrogen-bond donors (Lipinski definition) is 2. The van der Waals surface area contributed by atoms with Crippen LogP contribution in [-0.4, -0.2) is 46.4 Å². The fraction of sp³-hybridized carbons (Fsp3) is 0.261. The van der Waals surface area contributed by atoms with Crippen molar-refractivity contribution in [1.29, 1.82) is 0 Å². The summed E-state index contributed by atoms with van der Waals surface area (Å²) < 4.78 is 56.7. The normalized spacial score (nSPS) is 13.6. The van der Waals surface area contributed by atoms with E-state index >= 15 is 0 Å². The Hall–Kier alpha value is -3.19. The zero-order valence-corrected chi connectivity index (χ0v) is 20.5. The number of halogens is 6. The van der Waals surface area contributed by atoms with Gasteiger partial charge >= 0.3 is 11.9 Å². The van der Waals surface area contributed by atoms with Crippen LogP contribution in [0.25, 0.3) is 16.9 Å². The molecule has 2 heterocycles. The van der Waals surface area contributed by atoms with Crippen molar-refractivity contribution in [1.82, 2.24) is 23.9 Å². The van der Waals surface area contributed by atoms with Gasteiger partial charge in [-0.25, -0.2) is 18.9 Å². The fourth-order valence-corrected chi connectivity index (χ4v) is 3.93. The Morgan fingerprint density at radius 2 is 1.76 bits per heavy atom. The Bertz CT molecular complexity index is 1480. The topological polar surface area (TPSA) is 98.1 Å². The van der Waals surface area contributed by atoms with Crippen molar-refractivity contribution in [3.05, 3.63) is 86.7 Å². The molecule has 37 heavy (non-hydrogen) atoms. The maximum atomic E-state index is 14.6. The highest BCUT2D eigenvalue weighted by atomic mass is 35.5. The van der Waals surface area contributed by atoms with Crippen molar-refractivity contribution in [2.75, 3.05) is 0 Å². The lowest BCUT2D eigenvalue weighted by Crippen LogP contribution is -2.37. The number of imidazole rings is 1. The number of aliphatic hydroxyl groups is 2. The molecule has 0 spiro atoms. The van der Waals surface area contributed by atoms with E-state index in [1.807, 2.05) is 0 Å². The van der Waals surface area contributed by atoms with E-state index in [0.29, 0.717) is 10.6 Å². The van der Waals surface area contributed by atoms with Gasteiger partial charge in [-0.05, 0) is 36.8 Å². The SMILES string of the molecule is C[C@H](O)c1nc(Cn2cc(-c3ccc(Cl)cc3)n(C[C@H](O)C(F)(F)F)c2=O)nn1-c1cccc(Cl)c1F. The minimum Gasteiger partial charge on any atom is -0.385 e. The first-order valence-corrected chi connectivity index (χ1v) is 11.5. The second kappa shape index (κ2) is 10.3. The Morgan fingerprint density at radius 3 is 2.38 bits per heavy atom. The molecule has 2 aromatic carbocycles. The predicted octanol–water partition coefficient (Wildman–Crippen LogP) is 4.37. The fourth-order valence-electron chi connectivity index (χ4n) is 3.64. The van der Waals surface area contributed by atoms with Gasteiger partial charge in [-0.15, -0.1) is 5.10 Å². The molecule has 0 saturated carbocycles. The molecular formula is C23H19Cl2F4N5O3. The van der Waals surface area contributed by atoms with E-state index in [2.05, 4.69) is 10.1 Å². The van der Waals surface area contributed by atoms with Gasteiger partial charge in [-0.3, -0.25) is 9.13 Å². The average Bonchev–Trinajstić information content (AvgIpc) is 3.38. The Labute approximate surface area is 216 Å². The monoisotopic (exact) mass is 559 g/mol. The minimum atomic E-state index is -4.95. The summed E-state index contributed by atoms with van der Waals surface area (Å²) in [6.45, 7) is -0.00217. The third kappa shape index (κ3) is 5.57. The summed E-state index contributed by atoms with van der Waals surface area (Å²) in [5, 5.41) is 24.2. The number of hydrogen-bond acceptors (Lipinski definition) is 5. The van der Waals surface area contributed by atoms with Gasteiger partial charge in [0.2, 0.25) is 0 Å². The first-order valence-electron chi connectivity index (χ1n) is 10.8. The van der Waals surface area contributed by atoms with Gasteiger partial charge in [0.05, 0.1) is 23.8 Å². The van der Waals surface area contributed by atoms with Gasteiger partial charge in [0.15, 0.2) is 23.6 Å². The zero-order chi connectivity index (χ0) is 27.1. The Balaban J connectivity index is 1.79. The highest BCUT2D eigenvalue weighted by molar-refractivity contribution is 6.31. The van der Waals surface area contributed by atoms with Crippen LogP contribution in [0, 0.1) is 5.82 Å².